The highest BCUT2D eigenvalue weighted by Gasteiger charge is 2.34. The molecule has 1 aromatic carbocycles. The van der Waals surface area contributed by atoms with Crippen molar-refractivity contribution in [1.82, 2.24) is 9.78 Å². The number of carbonyl (C=O) groups excluding carboxylic acids is 1. The minimum Gasteiger partial charge on any atom is -0.382 e. The number of halogens is 3. The number of nitrogens with one attached hydrogen (secondary N) is 1. The fourth-order valence-corrected chi connectivity index (χ4v) is 2.11. The molecule has 0 bridgehead atoms. The number of nitrogens with two attached hydrogens (primary N) is 1. The van der Waals surface area contributed by atoms with Crippen LogP contribution in [0, 0.1) is 6.92 Å². The Balaban J connectivity index is 2.31. The molecule has 0 saturated carbocycles. The van der Waals surface area contributed by atoms with Crippen LogP contribution in [0.15, 0.2) is 30.5 Å². The zero-order valence-corrected chi connectivity index (χ0v) is 12.9. The van der Waals surface area contributed by atoms with Crippen molar-refractivity contribution in [3.05, 3.63) is 41.6 Å². The lowest BCUT2D eigenvalue weighted by Gasteiger charge is -2.25. The number of nitrogen functional groups attached to an aromatic ring is 1. The Bertz CT molecular complexity index is 735. The number of anilines is 2. The number of benzene rings is 1. The fraction of sp³-hybridized carbons (Fsp3) is 0.333. The van der Waals surface area contributed by atoms with Gasteiger partial charge in [-0.25, -0.2) is 0 Å². The second kappa shape index (κ2) is 5.60. The molecule has 8 heteroatoms. The monoisotopic (exact) mass is 326 g/mol. The Hall–Kier alpha value is -2.51. The van der Waals surface area contributed by atoms with E-state index in [2.05, 4.69) is 10.4 Å². The van der Waals surface area contributed by atoms with Crippen molar-refractivity contribution in [2.45, 2.75) is 32.5 Å². The Morgan fingerprint density at radius 1 is 1.26 bits per heavy atom. The predicted octanol–water partition coefficient (Wildman–Crippen LogP) is 3.17. The van der Waals surface area contributed by atoms with Crippen molar-refractivity contribution in [2.24, 2.45) is 0 Å². The van der Waals surface area contributed by atoms with Crippen molar-refractivity contribution in [3.8, 4) is 0 Å². The first kappa shape index (κ1) is 16.9. The molecule has 1 aromatic heterocycles. The molecular formula is C15H17F3N4O. The number of hydrogen-bond donors (Lipinski definition) is 2. The molecule has 3 N–H and O–H groups in total. The molecule has 0 atom stereocenters. The lowest BCUT2D eigenvalue weighted by molar-refractivity contribution is -0.138. The number of amides is 1. The summed E-state index contributed by atoms with van der Waals surface area (Å²) in [5, 5.41) is 6.51. The first-order valence-electron chi connectivity index (χ1n) is 6.83. The maximum Gasteiger partial charge on any atom is 0.416 e. The number of hydrogen-bond acceptors (Lipinski definition) is 3. The third kappa shape index (κ3) is 3.30. The van der Waals surface area contributed by atoms with E-state index in [1.807, 2.05) is 0 Å². The molecule has 2 rings (SSSR count). The maximum absolute atomic E-state index is 12.9. The number of nitrogens with zero attached hydrogens (tertiary/aromatic N) is 2. The van der Waals surface area contributed by atoms with Gasteiger partial charge in [-0.3, -0.25) is 9.48 Å². The predicted molar refractivity (Wildman–Crippen MR) is 80.8 cm³/mol. The Kier molecular flexibility index (Phi) is 4.10. The van der Waals surface area contributed by atoms with E-state index in [9.17, 15) is 18.0 Å². The summed E-state index contributed by atoms with van der Waals surface area (Å²) in [5.41, 5.74) is 3.71. The number of aromatic nitrogens is 2. The van der Waals surface area contributed by atoms with Crippen LogP contribution in [0.25, 0.3) is 0 Å². The minimum atomic E-state index is -4.48. The third-order valence-electron chi connectivity index (χ3n) is 3.63. The third-order valence-corrected chi connectivity index (χ3v) is 3.63. The highest BCUT2D eigenvalue weighted by molar-refractivity contribution is 5.96. The van der Waals surface area contributed by atoms with Gasteiger partial charge in [0, 0.05) is 11.9 Å². The van der Waals surface area contributed by atoms with Gasteiger partial charge in [-0.05, 0) is 44.5 Å². The number of carbonyl (C=O) groups is 1. The van der Waals surface area contributed by atoms with Gasteiger partial charge in [0.15, 0.2) is 0 Å². The molecule has 0 saturated heterocycles. The summed E-state index contributed by atoms with van der Waals surface area (Å²) < 4.78 is 40.1. The molecule has 0 spiro atoms. The first-order chi connectivity index (χ1) is 10.5. The normalized spacial score (nSPS) is 12.3. The van der Waals surface area contributed by atoms with E-state index in [0.29, 0.717) is 0 Å². The van der Waals surface area contributed by atoms with E-state index in [1.54, 1.807) is 13.8 Å². The molecule has 0 aliphatic rings. The lowest BCUT2D eigenvalue weighted by Crippen LogP contribution is -2.40. The molecule has 0 aliphatic heterocycles. The summed E-state index contributed by atoms with van der Waals surface area (Å²) in [5.74, 6) is -0.246. The second-order valence-electron chi connectivity index (χ2n) is 5.67. The summed E-state index contributed by atoms with van der Waals surface area (Å²) in [4.78, 5) is 12.5. The summed E-state index contributed by atoms with van der Waals surface area (Å²) in [7, 11) is 0. The molecule has 0 radical (unpaired) electrons. The second-order valence-corrected chi connectivity index (χ2v) is 5.67. The first-order valence-corrected chi connectivity index (χ1v) is 6.83. The van der Waals surface area contributed by atoms with Crippen molar-refractivity contribution < 1.29 is 18.0 Å². The van der Waals surface area contributed by atoms with Crippen molar-refractivity contribution in [2.75, 3.05) is 11.1 Å². The minimum absolute atomic E-state index is 0.0378. The van der Waals surface area contributed by atoms with Gasteiger partial charge >= 0.3 is 6.18 Å². The van der Waals surface area contributed by atoms with Gasteiger partial charge in [0.1, 0.15) is 11.4 Å². The molecule has 0 aliphatic carbocycles. The van der Waals surface area contributed by atoms with Gasteiger partial charge in [0.05, 0.1) is 5.56 Å². The van der Waals surface area contributed by atoms with Crippen molar-refractivity contribution in [1.29, 1.82) is 0 Å². The smallest absolute Gasteiger partial charge is 0.382 e. The maximum atomic E-state index is 12.9. The number of alkyl halides is 3. The van der Waals surface area contributed by atoms with Crippen molar-refractivity contribution >= 4 is 17.4 Å². The molecule has 2 aromatic rings. The zero-order valence-electron chi connectivity index (χ0n) is 12.9. The van der Waals surface area contributed by atoms with Crippen LogP contribution in [-0.4, -0.2) is 15.7 Å². The summed E-state index contributed by atoms with van der Waals surface area (Å²) in [6.45, 7) is 4.51. The SMILES string of the molecule is Cc1c(NC(=O)C(C)(C)n2ccc(N)n2)cccc1C(F)(F)F. The number of rotatable bonds is 3. The molecular weight excluding hydrogens is 309 g/mol. The molecule has 0 fully saturated rings. The summed E-state index contributed by atoms with van der Waals surface area (Å²) in [6, 6.07) is 5.19. The quantitative estimate of drug-likeness (QED) is 0.910. The summed E-state index contributed by atoms with van der Waals surface area (Å²) >= 11 is 0. The van der Waals surface area contributed by atoms with Crippen LogP contribution in [0.2, 0.25) is 0 Å². The Labute approximate surface area is 131 Å². The van der Waals surface area contributed by atoms with E-state index in [1.165, 1.54) is 36.0 Å². The standard InChI is InChI=1S/C15H17F3N4O/c1-9-10(15(16,17)18)5-4-6-11(9)20-13(23)14(2,3)22-8-7-12(19)21-22/h4-8H,1-3H3,(H2,19,21)(H,20,23). The topological polar surface area (TPSA) is 72.9 Å². The molecule has 124 valence electrons. The van der Waals surface area contributed by atoms with E-state index in [-0.39, 0.29) is 17.1 Å². The van der Waals surface area contributed by atoms with Crippen LogP contribution in [0.3, 0.4) is 0 Å². The average molecular weight is 326 g/mol. The van der Waals surface area contributed by atoms with Gasteiger partial charge in [-0.2, -0.15) is 18.3 Å². The van der Waals surface area contributed by atoms with E-state index in [0.717, 1.165) is 6.07 Å². The Morgan fingerprint density at radius 2 is 1.91 bits per heavy atom. The largest absolute Gasteiger partial charge is 0.416 e. The lowest BCUT2D eigenvalue weighted by atomic mass is 10.0. The van der Waals surface area contributed by atoms with E-state index >= 15 is 0 Å². The molecule has 0 unspecified atom stereocenters. The fourth-order valence-electron chi connectivity index (χ4n) is 2.11. The summed E-state index contributed by atoms with van der Waals surface area (Å²) in [6.07, 6.45) is -2.94. The van der Waals surface area contributed by atoms with Gasteiger partial charge < -0.3 is 11.1 Å². The molecule has 1 amide bonds. The van der Waals surface area contributed by atoms with E-state index in [4.69, 9.17) is 5.73 Å². The zero-order chi connectivity index (χ0) is 17.4. The van der Waals surface area contributed by atoms with E-state index < -0.39 is 23.2 Å². The van der Waals surface area contributed by atoms with Crippen LogP contribution < -0.4 is 11.1 Å². The van der Waals surface area contributed by atoms with Gasteiger partial charge in [-0.15, -0.1) is 0 Å². The van der Waals surface area contributed by atoms with Crippen LogP contribution >= 0.6 is 0 Å². The van der Waals surface area contributed by atoms with Gasteiger partial charge in [0.2, 0.25) is 0 Å². The van der Waals surface area contributed by atoms with Crippen molar-refractivity contribution in [3.63, 3.8) is 0 Å². The van der Waals surface area contributed by atoms with Crippen LogP contribution in [-0.2, 0) is 16.5 Å². The molecule has 5 nitrogen and oxygen atoms in total. The van der Waals surface area contributed by atoms with Crippen LogP contribution in [0.5, 0.6) is 0 Å². The molecule has 1 heterocycles. The average Bonchev–Trinajstić information content (AvgIpc) is 2.87. The van der Waals surface area contributed by atoms with Crippen LogP contribution in [0.1, 0.15) is 25.0 Å². The van der Waals surface area contributed by atoms with Crippen LogP contribution in [0.4, 0.5) is 24.7 Å². The Morgan fingerprint density at radius 3 is 2.43 bits per heavy atom. The molecule has 23 heavy (non-hydrogen) atoms. The highest BCUT2D eigenvalue weighted by atomic mass is 19.4. The highest BCUT2D eigenvalue weighted by Crippen LogP contribution is 2.34. The van der Waals surface area contributed by atoms with Gasteiger partial charge in [-0.1, -0.05) is 6.07 Å². The van der Waals surface area contributed by atoms with Gasteiger partial charge in [0.25, 0.3) is 5.91 Å².